The Kier molecular flexibility index (Phi) is 9.42. The molecule has 1 N–H and O–H groups in total. The predicted octanol–water partition coefficient (Wildman–Crippen LogP) is 5.58. The van der Waals surface area contributed by atoms with Crippen LogP contribution in [-0.2, 0) is 21.9 Å². The molecule has 0 aliphatic heterocycles. The average Bonchev–Trinajstić information content (AvgIpc) is 3.28. The van der Waals surface area contributed by atoms with Gasteiger partial charge in [-0.15, -0.1) is 11.8 Å². The number of amides is 2. The predicted molar refractivity (Wildman–Crippen MR) is 129 cm³/mol. The number of thioether (sulfide) groups is 1. The number of nitrogens with one attached hydrogen (secondary N) is 1. The van der Waals surface area contributed by atoms with Gasteiger partial charge in [-0.3, -0.25) is 9.59 Å². The highest BCUT2D eigenvalue weighted by atomic mass is 35.5. The number of carbonyl (C=O) groups is 2. The summed E-state index contributed by atoms with van der Waals surface area (Å²) in [5.74, 6) is 0.377. The van der Waals surface area contributed by atoms with E-state index in [0.29, 0.717) is 17.2 Å². The lowest BCUT2D eigenvalue weighted by Crippen LogP contribution is -2.51. The third-order valence-electron chi connectivity index (χ3n) is 5.74. The lowest BCUT2D eigenvalue weighted by Gasteiger charge is -2.31. The minimum absolute atomic E-state index is 0.102. The van der Waals surface area contributed by atoms with Gasteiger partial charge in [0.15, 0.2) is 0 Å². The van der Waals surface area contributed by atoms with Crippen LogP contribution in [0.5, 0.6) is 0 Å². The quantitative estimate of drug-likeness (QED) is 0.487. The van der Waals surface area contributed by atoms with E-state index in [2.05, 4.69) is 5.32 Å². The standard InChI is InChI=1S/C25H30ClFN2O2S/c1-2-23(25(31)28-22-8-3-4-9-22)29(15-18-10-12-21(27)13-11-18)24(30)17-32-16-19-6-5-7-20(26)14-19/h5-7,10-14,22-23H,2-4,8-9,15-17H2,1H3,(H,28,31)/t23-/m1/s1. The van der Waals surface area contributed by atoms with Crippen LogP contribution in [0.4, 0.5) is 4.39 Å². The van der Waals surface area contributed by atoms with Gasteiger partial charge in [-0.25, -0.2) is 4.39 Å². The van der Waals surface area contributed by atoms with Gasteiger partial charge in [0.2, 0.25) is 11.8 Å². The SMILES string of the molecule is CC[C@H](C(=O)NC1CCCC1)N(Cc1ccc(F)cc1)C(=O)CSCc1cccc(Cl)c1. The first-order valence-electron chi connectivity index (χ1n) is 11.1. The van der Waals surface area contributed by atoms with Gasteiger partial charge < -0.3 is 10.2 Å². The van der Waals surface area contributed by atoms with E-state index in [4.69, 9.17) is 11.6 Å². The maximum atomic E-state index is 13.4. The summed E-state index contributed by atoms with van der Waals surface area (Å²) in [7, 11) is 0. The van der Waals surface area contributed by atoms with Gasteiger partial charge in [-0.05, 0) is 54.7 Å². The second-order valence-corrected chi connectivity index (χ2v) is 9.61. The largest absolute Gasteiger partial charge is 0.352 e. The smallest absolute Gasteiger partial charge is 0.243 e. The molecular formula is C25H30ClFN2O2S. The molecule has 1 aliphatic rings. The normalized spacial score (nSPS) is 14.8. The van der Waals surface area contributed by atoms with Gasteiger partial charge in [0, 0.05) is 23.4 Å². The Hall–Kier alpha value is -2.05. The van der Waals surface area contributed by atoms with Crippen molar-refractivity contribution in [2.24, 2.45) is 0 Å². The summed E-state index contributed by atoms with van der Waals surface area (Å²) in [6, 6.07) is 13.3. The van der Waals surface area contributed by atoms with Gasteiger partial charge >= 0.3 is 0 Å². The number of nitrogens with zero attached hydrogens (tertiary/aromatic N) is 1. The number of hydrogen-bond donors (Lipinski definition) is 1. The van der Waals surface area contributed by atoms with E-state index >= 15 is 0 Å². The first-order chi connectivity index (χ1) is 15.5. The van der Waals surface area contributed by atoms with Crippen molar-refractivity contribution in [3.8, 4) is 0 Å². The fourth-order valence-corrected chi connectivity index (χ4v) is 5.11. The Balaban J connectivity index is 1.69. The molecule has 2 aromatic rings. The monoisotopic (exact) mass is 476 g/mol. The molecule has 3 rings (SSSR count). The zero-order chi connectivity index (χ0) is 22.9. The van der Waals surface area contributed by atoms with Crippen molar-refractivity contribution in [1.29, 1.82) is 0 Å². The molecule has 2 aromatic carbocycles. The number of carbonyl (C=O) groups excluding carboxylic acids is 2. The summed E-state index contributed by atoms with van der Waals surface area (Å²) >= 11 is 7.54. The molecule has 4 nitrogen and oxygen atoms in total. The fraction of sp³-hybridized carbons (Fsp3) is 0.440. The Labute approximate surface area is 198 Å². The minimum Gasteiger partial charge on any atom is -0.352 e. The third kappa shape index (κ3) is 7.24. The van der Waals surface area contributed by atoms with Crippen molar-refractivity contribution in [2.75, 3.05) is 5.75 Å². The average molecular weight is 477 g/mol. The van der Waals surface area contributed by atoms with Gasteiger partial charge in [0.05, 0.1) is 5.75 Å². The lowest BCUT2D eigenvalue weighted by atomic mass is 10.1. The molecule has 2 amide bonds. The van der Waals surface area contributed by atoms with E-state index in [0.717, 1.165) is 36.8 Å². The maximum Gasteiger partial charge on any atom is 0.243 e. The van der Waals surface area contributed by atoms with Crippen LogP contribution in [0.25, 0.3) is 0 Å². The Morgan fingerprint density at radius 2 is 1.88 bits per heavy atom. The molecule has 1 atom stereocenters. The summed E-state index contributed by atoms with van der Waals surface area (Å²) in [4.78, 5) is 27.9. The van der Waals surface area contributed by atoms with Crippen molar-refractivity contribution >= 4 is 35.2 Å². The van der Waals surface area contributed by atoms with E-state index in [-0.39, 0.29) is 36.0 Å². The van der Waals surface area contributed by atoms with E-state index in [1.807, 2.05) is 31.2 Å². The zero-order valence-corrected chi connectivity index (χ0v) is 19.9. The van der Waals surface area contributed by atoms with Crippen LogP contribution >= 0.6 is 23.4 Å². The van der Waals surface area contributed by atoms with Gasteiger partial charge in [0.25, 0.3) is 0 Å². The molecule has 7 heteroatoms. The number of hydrogen-bond acceptors (Lipinski definition) is 3. The number of halogens is 2. The summed E-state index contributed by atoms with van der Waals surface area (Å²) in [6.07, 6.45) is 4.75. The van der Waals surface area contributed by atoms with Crippen LogP contribution in [0.2, 0.25) is 5.02 Å². The lowest BCUT2D eigenvalue weighted by molar-refractivity contribution is -0.139. The van der Waals surface area contributed by atoms with Gasteiger partial charge in [-0.1, -0.05) is 55.6 Å². The van der Waals surface area contributed by atoms with E-state index in [1.54, 1.807) is 17.0 Å². The highest BCUT2D eigenvalue weighted by Crippen LogP contribution is 2.21. The zero-order valence-electron chi connectivity index (χ0n) is 18.4. The second kappa shape index (κ2) is 12.3. The topological polar surface area (TPSA) is 49.4 Å². The van der Waals surface area contributed by atoms with Gasteiger partial charge in [-0.2, -0.15) is 0 Å². The molecule has 32 heavy (non-hydrogen) atoms. The molecule has 0 unspecified atom stereocenters. The Morgan fingerprint density at radius 1 is 1.16 bits per heavy atom. The molecular weight excluding hydrogens is 447 g/mol. The van der Waals surface area contributed by atoms with Crippen LogP contribution in [0.15, 0.2) is 48.5 Å². The number of rotatable bonds is 10. The highest BCUT2D eigenvalue weighted by Gasteiger charge is 2.30. The van der Waals surface area contributed by atoms with Crippen LogP contribution in [0.3, 0.4) is 0 Å². The van der Waals surface area contributed by atoms with Crippen molar-refractivity contribution in [1.82, 2.24) is 10.2 Å². The summed E-state index contributed by atoms with van der Waals surface area (Å²) < 4.78 is 13.4. The first kappa shape index (κ1) is 24.6. The summed E-state index contributed by atoms with van der Waals surface area (Å²) in [6.45, 7) is 2.19. The van der Waals surface area contributed by atoms with Crippen LogP contribution in [0, 0.1) is 5.82 Å². The van der Waals surface area contributed by atoms with Crippen LogP contribution in [-0.4, -0.2) is 34.6 Å². The van der Waals surface area contributed by atoms with Crippen molar-refractivity contribution in [3.63, 3.8) is 0 Å². The van der Waals surface area contributed by atoms with E-state index in [1.165, 1.54) is 23.9 Å². The Morgan fingerprint density at radius 3 is 2.53 bits per heavy atom. The second-order valence-electron chi connectivity index (χ2n) is 8.18. The van der Waals surface area contributed by atoms with Crippen molar-refractivity contribution in [2.45, 2.75) is 63.4 Å². The number of benzene rings is 2. The van der Waals surface area contributed by atoms with E-state index in [9.17, 15) is 14.0 Å². The minimum atomic E-state index is -0.556. The molecule has 0 aromatic heterocycles. The molecule has 1 saturated carbocycles. The van der Waals surface area contributed by atoms with Gasteiger partial charge in [0.1, 0.15) is 11.9 Å². The molecule has 1 aliphatic carbocycles. The van der Waals surface area contributed by atoms with Crippen molar-refractivity contribution in [3.05, 3.63) is 70.5 Å². The molecule has 1 fully saturated rings. The molecule has 0 spiro atoms. The summed E-state index contributed by atoms with van der Waals surface area (Å²) in [5, 5.41) is 3.80. The highest BCUT2D eigenvalue weighted by molar-refractivity contribution is 7.99. The summed E-state index contributed by atoms with van der Waals surface area (Å²) in [5.41, 5.74) is 1.85. The van der Waals surface area contributed by atoms with Crippen LogP contribution in [0.1, 0.15) is 50.2 Å². The molecule has 0 bridgehead atoms. The van der Waals surface area contributed by atoms with E-state index < -0.39 is 6.04 Å². The maximum absolute atomic E-state index is 13.4. The molecule has 0 radical (unpaired) electrons. The van der Waals surface area contributed by atoms with Crippen LogP contribution < -0.4 is 5.32 Å². The molecule has 172 valence electrons. The Bertz CT molecular complexity index is 903. The molecule has 0 saturated heterocycles. The first-order valence-corrected chi connectivity index (χ1v) is 12.7. The third-order valence-corrected chi connectivity index (χ3v) is 6.96. The van der Waals surface area contributed by atoms with Crippen molar-refractivity contribution < 1.29 is 14.0 Å². The fourth-order valence-electron chi connectivity index (χ4n) is 4.04. The molecule has 0 heterocycles.